The van der Waals surface area contributed by atoms with Gasteiger partial charge in [-0.3, -0.25) is 4.68 Å². The lowest BCUT2D eigenvalue weighted by atomic mass is 9.96. The SMILES string of the molecule is CC(C)(Oc1ccn(C2CCCCC2)n1)C(=O)O. The topological polar surface area (TPSA) is 64.4 Å². The van der Waals surface area contributed by atoms with E-state index >= 15 is 0 Å². The lowest BCUT2D eigenvalue weighted by Gasteiger charge is -2.22. The van der Waals surface area contributed by atoms with E-state index in [-0.39, 0.29) is 0 Å². The fraction of sp³-hybridized carbons (Fsp3) is 0.692. The highest BCUT2D eigenvalue weighted by Crippen LogP contribution is 2.28. The van der Waals surface area contributed by atoms with E-state index in [1.165, 1.54) is 33.1 Å². The molecule has 1 aromatic rings. The van der Waals surface area contributed by atoms with Crippen molar-refractivity contribution >= 4 is 5.97 Å². The first-order valence-corrected chi connectivity index (χ1v) is 6.46. The van der Waals surface area contributed by atoms with E-state index in [0.29, 0.717) is 11.9 Å². The van der Waals surface area contributed by atoms with Crippen molar-refractivity contribution in [2.45, 2.75) is 57.6 Å². The molecule has 0 amide bonds. The number of nitrogens with zero attached hydrogens (tertiary/aromatic N) is 2. The third-order valence-corrected chi connectivity index (χ3v) is 3.41. The standard InChI is InChI=1S/C13H20N2O3/c1-13(2,12(16)17)18-11-8-9-15(14-11)10-6-4-3-5-7-10/h8-10H,3-7H2,1-2H3,(H,16,17). The number of carboxylic acid groups (broad SMARTS) is 1. The van der Waals surface area contributed by atoms with Crippen molar-refractivity contribution < 1.29 is 14.6 Å². The second-order valence-corrected chi connectivity index (χ2v) is 5.34. The Balaban J connectivity index is 2.03. The highest BCUT2D eigenvalue weighted by Gasteiger charge is 2.30. The zero-order chi connectivity index (χ0) is 13.2. The molecule has 0 radical (unpaired) electrons. The molecule has 100 valence electrons. The second kappa shape index (κ2) is 5.00. The van der Waals surface area contributed by atoms with E-state index in [2.05, 4.69) is 5.10 Å². The number of hydrogen-bond donors (Lipinski definition) is 1. The minimum absolute atomic E-state index is 0.382. The van der Waals surface area contributed by atoms with E-state index < -0.39 is 11.6 Å². The Kier molecular flexibility index (Phi) is 3.59. The molecule has 1 heterocycles. The molecule has 18 heavy (non-hydrogen) atoms. The molecule has 1 aliphatic rings. The third kappa shape index (κ3) is 2.83. The van der Waals surface area contributed by atoms with E-state index in [9.17, 15) is 4.79 Å². The summed E-state index contributed by atoms with van der Waals surface area (Å²) in [5.74, 6) is -0.609. The second-order valence-electron chi connectivity index (χ2n) is 5.34. The highest BCUT2D eigenvalue weighted by atomic mass is 16.5. The number of aromatic nitrogens is 2. The Labute approximate surface area is 107 Å². The van der Waals surface area contributed by atoms with E-state index in [1.54, 1.807) is 6.07 Å². The maximum absolute atomic E-state index is 11.0. The molecule has 1 saturated carbocycles. The number of aliphatic carboxylic acids is 1. The van der Waals surface area contributed by atoms with Gasteiger partial charge < -0.3 is 9.84 Å². The Morgan fingerprint density at radius 2 is 2.11 bits per heavy atom. The summed E-state index contributed by atoms with van der Waals surface area (Å²) in [6.45, 7) is 3.05. The molecule has 5 heteroatoms. The molecule has 0 aromatic carbocycles. The fourth-order valence-corrected chi connectivity index (χ4v) is 2.23. The van der Waals surface area contributed by atoms with Crippen LogP contribution in [-0.4, -0.2) is 26.5 Å². The molecule has 1 N–H and O–H groups in total. The number of carboxylic acids is 1. The van der Waals surface area contributed by atoms with Crippen molar-refractivity contribution in [3.8, 4) is 5.88 Å². The van der Waals surface area contributed by atoms with E-state index in [1.807, 2.05) is 10.9 Å². The summed E-state index contributed by atoms with van der Waals surface area (Å²) >= 11 is 0. The van der Waals surface area contributed by atoms with Gasteiger partial charge in [-0.25, -0.2) is 4.79 Å². The van der Waals surface area contributed by atoms with Gasteiger partial charge in [0.05, 0.1) is 6.04 Å². The highest BCUT2D eigenvalue weighted by molar-refractivity contribution is 5.76. The first-order chi connectivity index (χ1) is 8.49. The van der Waals surface area contributed by atoms with Crippen molar-refractivity contribution in [3.63, 3.8) is 0 Å². The van der Waals surface area contributed by atoms with Gasteiger partial charge in [-0.15, -0.1) is 5.10 Å². The molecule has 1 aliphatic carbocycles. The van der Waals surface area contributed by atoms with Crippen LogP contribution < -0.4 is 4.74 Å². The van der Waals surface area contributed by atoms with Crippen LogP contribution in [0, 0.1) is 0 Å². The molecule has 0 aliphatic heterocycles. The summed E-state index contributed by atoms with van der Waals surface area (Å²) in [4.78, 5) is 11.0. The van der Waals surface area contributed by atoms with Crippen LogP contribution in [0.3, 0.4) is 0 Å². The van der Waals surface area contributed by atoms with Crippen molar-refractivity contribution in [1.29, 1.82) is 0 Å². The van der Waals surface area contributed by atoms with Crippen LogP contribution in [0.5, 0.6) is 5.88 Å². The van der Waals surface area contributed by atoms with Gasteiger partial charge in [0.15, 0.2) is 0 Å². The Bertz CT molecular complexity index is 420. The number of carbonyl (C=O) groups is 1. The third-order valence-electron chi connectivity index (χ3n) is 3.41. The van der Waals surface area contributed by atoms with Crippen molar-refractivity contribution in [2.24, 2.45) is 0 Å². The van der Waals surface area contributed by atoms with Gasteiger partial charge in [-0.1, -0.05) is 19.3 Å². The predicted octanol–water partition coefficient (Wildman–Crippen LogP) is 2.63. The summed E-state index contributed by atoms with van der Waals surface area (Å²) < 4.78 is 7.31. The summed E-state index contributed by atoms with van der Waals surface area (Å²) in [6.07, 6.45) is 7.94. The Hall–Kier alpha value is -1.52. The quantitative estimate of drug-likeness (QED) is 0.894. The average molecular weight is 252 g/mol. The molecule has 0 bridgehead atoms. The van der Waals surface area contributed by atoms with Gasteiger partial charge in [0.2, 0.25) is 11.5 Å². The number of hydrogen-bond acceptors (Lipinski definition) is 3. The van der Waals surface area contributed by atoms with Gasteiger partial charge in [0, 0.05) is 12.3 Å². The molecule has 0 unspecified atom stereocenters. The molecule has 1 aromatic heterocycles. The zero-order valence-electron chi connectivity index (χ0n) is 10.9. The zero-order valence-corrected chi connectivity index (χ0v) is 10.9. The molecule has 0 saturated heterocycles. The Morgan fingerprint density at radius 1 is 1.44 bits per heavy atom. The molecule has 1 fully saturated rings. The smallest absolute Gasteiger partial charge is 0.347 e. The van der Waals surface area contributed by atoms with Crippen LogP contribution >= 0.6 is 0 Å². The molecule has 5 nitrogen and oxygen atoms in total. The van der Waals surface area contributed by atoms with Crippen molar-refractivity contribution in [2.75, 3.05) is 0 Å². The Morgan fingerprint density at radius 3 is 2.72 bits per heavy atom. The molecule has 2 rings (SSSR count). The minimum atomic E-state index is -1.24. The average Bonchev–Trinajstić information content (AvgIpc) is 2.78. The van der Waals surface area contributed by atoms with Gasteiger partial charge in [0.1, 0.15) is 0 Å². The fourth-order valence-electron chi connectivity index (χ4n) is 2.23. The van der Waals surface area contributed by atoms with Crippen LogP contribution in [-0.2, 0) is 4.79 Å². The van der Waals surface area contributed by atoms with Crippen LogP contribution in [0.4, 0.5) is 0 Å². The molecule has 0 spiro atoms. The van der Waals surface area contributed by atoms with Gasteiger partial charge in [-0.05, 0) is 26.7 Å². The first kappa shape index (κ1) is 12.9. The lowest BCUT2D eigenvalue weighted by Crippen LogP contribution is -2.38. The predicted molar refractivity (Wildman–Crippen MR) is 66.7 cm³/mol. The van der Waals surface area contributed by atoms with Crippen LogP contribution in [0.25, 0.3) is 0 Å². The summed E-state index contributed by atoms with van der Waals surface area (Å²) in [6, 6.07) is 2.17. The van der Waals surface area contributed by atoms with Crippen molar-refractivity contribution in [1.82, 2.24) is 9.78 Å². The van der Waals surface area contributed by atoms with Crippen LogP contribution in [0.15, 0.2) is 12.3 Å². The maximum Gasteiger partial charge on any atom is 0.347 e. The molecular weight excluding hydrogens is 232 g/mol. The largest absolute Gasteiger partial charge is 0.478 e. The maximum atomic E-state index is 11.0. The monoisotopic (exact) mass is 252 g/mol. The van der Waals surface area contributed by atoms with Gasteiger partial charge in [-0.2, -0.15) is 0 Å². The number of ether oxygens (including phenoxy) is 1. The molecule has 0 atom stereocenters. The number of rotatable bonds is 4. The normalized spacial score (nSPS) is 17.7. The van der Waals surface area contributed by atoms with Crippen molar-refractivity contribution in [3.05, 3.63) is 12.3 Å². The summed E-state index contributed by atoms with van der Waals surface area (Å²) in [5.41, 5.74) is -1.24. The minimum Gasteiger partial charge on any atom is -0.478 e. The van der Waals surface area contributed by atoms with E-state index in [4.69, 9.17) is 9.84 Å². The lowest BCUT2D eigenvalue weighted by molar-refractivity contribution is -0.152. The van der Waals surface area contributed by atoms with E-state index in [0.717, 1.165) is 12.8 Å². The van der Waals surface area contributed by atoms with Gasteiger partial charge in [0.25, 0.3) is 0 Å². The van der Waals surface area contributed by atoms with Gasteiger partial charge >= 0.3 is 5.97 Å². The van der Waals surface area contributed by atoms with Crippen LogP contribution in [0.2, 0.25) is 0 Å². The summed E-state index contributed by atoms with van der Waals surface area (Å²) in [5, 5.41) is 13.3. The summed E-state index contributed by atoms with van der Waals surface area (Å²) in [7, 11) is 0. The first-order valence-electron chi connectivity index (χ1n) is 6.46. The molecular formula is C13H20N2O3. The van der Waals surface area contributed by atoms with Crippen LogP contribution in [0.1, 0.15) is 52.0 Å².